The molecule has 0 amide bonds. The van der Waals surface area contributed by atoms with Gasteiger partial charge in [0, 0.05) is 5.41 Å². The second kappa shape index (κ2) is 5.94. The number of rotatable bonds is 6. The number of hydrogen-bond donors (Lipinski definition) is 2. The summed E-state index contributed by atoms with van der Waals surface area (Å²) < 4.78 is 63.2. The Balaban J connectivity index is 2.69. The number of aliphatic hydroxyl groups excluding tert-OH is 2. The summed E-state index contributed by atoms with van der Waals surface area (Å²) in [5.41, 5.74) is -1.35. The van der Waals surface area contributed by atoms with Crippen molar-refractivity contribution in [2.45, 2.75) is 12.6 Å². The lowest BCUT2D eigenvalue weighted by molar-refractivity contribution is -0.188. The maximum Gasteiger partial charge on any atom is 0.411 e. The predicted molar refractivity (Wildman–Crippen MR) is 60.2 cm³/mol. The van der Waals surface area contributed by atoms with Gasteiger partial charge in [-0.05, 0) is 12.3 Å². The number of halogens is 3. The molecule has 2 N–H and O–H groups in total. The van der Waals surface area contributed by atoms with Crippen LogP contribution in [0, 0.1) is 11.3 Å². The fourth-order valence-corrected chi connectivity index (χ4v) is 4.11. The van der Waals surface area contributed by atoms with Crippen molar-refractivity contribution in [3.8, 4) is 0 Å². The monoisotopic (exact) mass is 306 g/mol. The maximum atomic E-state index is 12.0. The van der Waals surface area contributed by atoms with E-state index in [9.17, 15) is 31.8 Å². The smallest absolute Gasteiger partial charge is 0.396 e. The summed E-state index contributed by atoms with van der Waals surface area (Å²) in [6.07, 6.45) is -4.29. The van der Waals surface area contributed by atoms with Crippen molar-refractivity contribution in [3.05, 3.63) is 0 Å². The van der Waals surface area contributed by atoms with Gasteiger partial charge in [0.2, 0.25) is 0 Å². The first-order valence-electron chi connectivity index (χ1n) is 5.71. The van der Waals surface area contributed by atoms with Crippen LogP contribution in [0.1, 0.15) is 6.42 Å². The predicted octanol–water partition coefficient (Wildman–Crippen LogP) is -0.0290. The molecular formula is C10H17F3O5S. The third-order valence-electron chi connectivity index (χ3n) is 3.38. The molecule has 114 valence electrons. The molecule has 1 heterocycles. The van der Waals surface area contributed by atoms with E-state index in [0.29, 0.717) is 0 Å². The summed E-state index contributed by atoms with van der Waals surface area (Å²) in [4.78, 5) is 0. The zero-order valence-corrected chi connectivity index (χ0v) is 11.0. The van der Waals surface area contributed by atoms with Gasteiger partial charge in [-0.2, -0.15) is 13.2 Å². The molecule has 0 bridgehead atoms. The molecule has 1 saturated heterocycles. The van der Waals surface area contributed by atoms with E-state index in [1.807, 2.05) is 0 Å². The van der Waals surface area contributed by atoms with Gasteiger partial charge in [0.25, 0.3) is 0 Å². The molecule has 0 aliphatic carbocycles. The van der Waals surface area contributed by atoms with Gasteiger partial charge in [0.1, 0.15) is 6.61 Å². The van der Waals surface area contributed by atoms with Crippen LogP contribution in [0.4, 0.5) is 13.2 Å². The van der Waals surface area contributed by atoms with Gasteiger partial charge in [0.15, 0.2) is 9.84 Å². The van der Waals surface area contributed by atoms with Crippen LogP contribution in [0.5, 0.6) is 0 Å². The Hall–Kier alpha value is -0.380. The zero-order chi connectivity index (χ0) is 14.7. The fourth-order valence-electron chi connectivity index (χ4n) is 2.17. The van der Waals surface area contributed by atoms with Crippen molar-refractivity contribution < 1.29 is 36.5 Å². The SMILES string of the molecule is O=S1(=O)CCC(C(CO)(CO)COCC(F)(F)F)C1. The Bertz CT molecular complexity index is 388. The third kappa shape index (κ3) is 4.59. The number of sulfone groups is 1. The van der Waals surface area contributed by atoms with E-state index < -0.39 is 53.8 Å². The highest BCUT2D eigenvalue weighted by atomic mass is 32.2. The molecule has 0 aromatic carbocycles. The maximum absolute atomic E-state index is 12.0. The van der Waals surface area contributed by atoms with E-state index in [-0.39, 0.29) is 17.9 Å². The lowest BCUT2D eigenvalue weighted by atomic mass is 9.77. The second-order valence-electron chi connectivity index (χ2n) is 4.89. The molecule has 1 fully saturated rings. The van der Waals surface area contributed by atoms with E-state index in [1.54, 1.807) is 0 Å². The average molecular weight is 306 g/mol. The largest absolute Gasteiger partial charge is 0.411 e. The lowest BCUT2D eigenvalue weighted by Gasteiger charge is -2.34. The Morgan fingerprint density at radius 2 is 1.74 bits per heavy atom. The van der Waals surface area contributed by atoms with Gasteiger partial charge < -0.3 is 14.9 Å². The van der Waals surface area contributed by atoms with E-state index >= 15 is 0 Å². The van der Waals surface area contributed by atoms with Crippen LogP contribution < -0.4 is 0 Å². The van der Waals surface area contributed by atoms with Crippen molar-refractivity contribution in [1.29, 1.82) is 0 Å². The third-order valence-corrected chi connectivity index (χ3v) is 5.15. The van der Waals surface area contributed by atoms with Crippen LogP contribution in [0.3, 0.4) is 0 Å². The van der Waals surface area contributed by atoms with Crippen molar-refractivity contribution in [2.75, 3.05) is 37.9 Å². The standard InChI is InChI=1S/C10H17F3O5S/c11-10(12,13)7-18-6-9(4-14,5-15)8-1-2-19(16,17)3-8/h8,14-15H,1-7H2. The molecule has 1 atom stereocenters. The van der Waals surface area contributed by atoms with Gasteiger partial charge in [-0.15, -0.1) is 0 Å². The van der Waals surface area contributed by atoms with Crippen molar-refractivity contribution >= 4 is 9.84 Å². The van der Waals surface area contributed by atoms with Gasteiger partial charge in [-0.1, -0.05) is 0 Å². The first-order valence-corrected chi connectivity index (χ1v) is 7.53. The fraction of sp³-hybridized carbons (Fsp3) is 1.00. The minimum atomic E-state index is -4.50. The molecule has 0 aromatic heterocycles. The first-order chi connectivity index (χ1) is 8.64. The van der Waals surface area contributed by atoms with Crippen LogP contribution in [0.25, 0.3) is 0 Å². The number of hydrogen-bond acceptors (Lipinski definition) is 5. The molecule has 0 aromatic rings. The molecule has 0 saturated carbocycles. The number of alkyl halides is 3. The minimum Gasteiger partial charge on any atom is -0.396 e. The van der Waals surface area contributed by atoms with Crippen LogP contribution in [-0.2, 0) is 14.6 Å². The topological polar surface area (TPSA) is 83.8 Å². The second-order valence-corrected chi connectivity index (χ2v) is 7.12. The van der Waals surface area contributed by atoms with Crippen molar-refractivity contribution in [2.24, 2.45) is 11.3 Å². The summed E-state index contributed by atoms with van der Waals surface area (Å²) in [7, 11) is -3.25. The Morgan fingerprint density at radius 1 is 1.16 bits per heavy atom. The van der Waals surface area contributed by atoms with Gasteiger partial charge in [-0.25, -0.2) is 8.42 Å². The molecule has 1 unspecified atom stereocenters. The summed E-state index contributed by atoms with van der Waals surface area (Å²) >= 11 is 0. The van der Waals surface area contributed by atoms with Crippen LogP contribution >= 0.6 is 0 Å². The van der Waals surface area contributed by atoms with Crippen LogP contribution in [0.2, 0.25) is 0 Å². The van der Waals surface area contributed by atoms with E-state index in [0.717, 1.165) is 0 Å². The van der Waals surface area contributed by atoms with E-state index in [1.165, 1.54) is 0 Å². The van der Waals surface area contributed by atoms with Gasteiger partial charge in [-0.3, -0.25) is 0 Å². The molecule has 1 aliphatic heterocycles. The Kier molecular flexibility index (Phi) is 5.21. The van der Waals surface area contributed by atoms with Crippen LogP contribution in [0.15, 0.2) is 0 Å². The summed E-state index contributed by atoms with van der Waals surface area (Å²) in [5, 5.41) is 18.6. The van der Waals surface area contributed by atoms with E-state index in [2.05, 4.69) is 4.74 Å². The van der Waals surface area contributed by atoms with Gasteiger partial charge >= 0.3 is 6.18 Å². The highest BCUT2D eigenvalue weighted by Crippen LogP contribution is 2.36. The van der Waals surface area contributed by atoms with Crippen LogP contribution in [-0.4, -0.2) is 62.7 Å². The Morgan fingerprint density at radius 3 is 2.11 bits per heavy atom. The molecular weight excluding hydrogens is 289 g/mol. The molecule has 5 nitrogen and oxygen atoms in total. The van der Waals surface area contributed by atoms with Gasteiger partial charge in [0.05, 0.1) is 31.3 Å². The first kappa shape index (κ1) is 16.7. The van der Waals surface area contributed by atoms with E-state index in [4.69, 9.17) is 0 Å². The van der Waals surface area contributed by atoms with Crippen molar-refractivity contribution in [1.82, 2.24) is 0 Å². The number of ether oxygens (including phenoxy) is 1. The normalized spacial score (nSPS) is 23.7. The zero-order valence-electron chi connectivity index (χ0n) is 10.2. The quantitative estimate of drug-likeness (QED) is 0.720. The highest BCUT2D eigenvalue weighted by Gasteiger charge is 2.45. The molecule has 19 heavy (non-hydrogen) atoms. The van der Waals surface area contributed by atoms with Crippen molar-refractivity contribution in [3.63, 3.8) is 0 Å². The summed E-state index contributed by atoms with van der Waals surface area (Å²) in [5.74, 6) is -0.928. The summed E-state index contributed by atoms with van der Waals surface area (Å²) in [6, 6.07) is 0. The molecule has 1 aliphatic rings. The molecule has 0 spiro atoms. The molecule has 0 radical (unpaired) electrons. The average Bonchev–Trinajstić information content (AvgIpc) is 2.64. The molecule has 1 rings (SSSR count). The number of aliphatic hydroxyl groups is 2. The summed E-state index contributed by atoms with van der Waals surface area (Å²) in [6.45, 7) is -3.27. The highest BCUT2D eigenvalue weighted by molar-refractivity contribution is 7.91. The lowest BCUT2D eigenvalue weighted by Crippen LogP contribution is -2.43. The molecule has 9 heteroatoms. The Labute approximate surface area is 109 Å². The minimum absolute atomic E-state index is 0.0846.